The monoisotopic (exact) mass is 494 g/mol. The van der Waals surface area contributed by atoms with Crippen molar-refractivity contribution in [3.05, 3.63) is 71.5 Å². The molecule has 0 saturated carbocycles. The van der Waals surface area contributed by atoms with Gasteiger partial charge in [-0.1, -0.05) is 41.6 Å². The lowest BCUT2D eigenvalue weighted by Gasteiger charge is -2.31. The SMILES string of the molecule is Cc1ccc([C@H](CN2CCOCC2)NC(=O)c2ccc(NC(=O)CSc3nncn3C)cc2)cc1. The van der Waals surface area contributed by atoms with E-state index in [0.29, 0.717) is 29.6 Å². The van der Waals surface area contributed by atoms with Crippen molar-refractivity contribution in [2.24, 2.45) is 7.05 Å². The van der Waals surface area contributed by atoms with E-state index < -0.39 is 0 Å². The van der Waals surface area contributed by atoms with Gasteiger partial charge in [0.15, 0.2) is 5.16 Å². The minimum absolute atomic E-state index is 0.141. The molecular weight excluding hydrogens is 464 g/mol. The largest absolute Gasteiger partial charge is 0.379 e. The Labute approximate surface area is 209 Å². The fraction of sp³-hybridized carbons (Fsp3) is 0.360. The van der Waals surface area contributed by atoms with E-state index in [1.807, 2.05) is 14.0 Å². The summed E-state index contributed by atoms with van der Waals surface area (Å²) >= 11 is 1.31. The third-order valence-corrected chi connectivity index (χ3v) is 6.80. The zero-order chi connectivity index (χ0) is 24.6. The van der Waals surface area contributed by atoms with Crippen molar-refractivity contribution in [3.63, 3.8) is 0 Å². The maximum atomic E-state index is 13.1. The van der Waals surface area contributed by atoms with Crippen molar-refractivity contribution in [1.29, 1.82) is 0 Å². The topological polar surface area (TPSA) is 101 Å². The van der Waals surface area contributed by atoms with Gasteiger partial charge in [0.2, 0.25) is 5.91 Å². The summed E-state index contributed by atoms with van der Waals surface area (Å²) in [5.74, 6) is -0.0890. The van der Waals surface area contributed by atoms with Gasteiger partial charge in [-0.25, -0.2) is 0 Å². The molecule has 2 N–H and O–H groups in total. The molecule has 1 fully saturated rings. The van der Waals surface area contributed by atoms with E-state index in [9.17, 15) is 9.59 Å². The van der Waals surface area contributed by atoms with Crippen LogP contribution in [0.25, 0.3) is 0 Å². The number of hydrogen-bond donors (Lipinski definition) is 2. The number of aryl methyl sites for hydroxylation is 2. The zero-order valence-electron chi connectivity index (χ0n) is 19.9. The second-order valence-electron chi connectivity index (χ2n) is 8.49. The van der Waals surface area contributed by atoms with Gasteiger partial charge in [0, 0.05) is 37.9 Å². The van der Waals surface area contributed by atoms with Crippen LogP contribution in [-0.4, -0.2) is 70.1 Å². The van der Waals surface area contributed by atoms with Gasteiger partial charge in [0.05, 0.1) is 25.0 Å². The highest BCUT2D eigenvalue weighted by Gasteiger charge is 2.21. The van der Waals surface area contributed by atoms with Crippen molar-refractivity contribution in [1.82, 2.24) is 25.0 Å². The van der Waals surface area contributed by atoms with Gasteiger partial charge >= 0.3 is 0 Å². The number of aromatic nitrogens is 3. The Kier molecular flexibility index (Phi) is 8.51. The van der Waals surface area contributed by atoms with Crippen molar-refractivity contribution >= 4 is 29.3 Å². The van der Waals surface area contributed by atoms with E-state index >= 15 is 0 Å². The summed E-state index contributed by atoms with van der Waals surface area (Å²) < 4.78 is 7.22. The lowest BCUT2D eigenvalue weighted by Crippen LogP contribution is -2.43. The molecule has 1 atom stereocenters. The summed E-state index contributed by atoms with van der Waals surface area (Å²) in [5.41, 5.74) is 3.42. The lowest BCUT2D eigenvalue weighted by atomic mass is 10.0. The number of benzene rings is 2. The Morgan fingerprint density at radius 1 is 1.09 bits per heavy atom. The molecule has 10 heteroatoms. The van der Waals surface area contributed by atoms with Gasteiger partial charge in [-0.2, -0.15) is 0 Å². The molecule has 2 heterocycles. The van der Waals surface area contributed by atoms with Crippen molar-refractivity contribution in [2.45, 2.75) is 18.1 Å². The number of carbonyl (C=O) groups is 2. The van der Waals surface area contributed by atoms with E-state index in [2.05, 4.69) is 50.0 Å². The molecular formula is C25H30N6O3S. The Bertz CT molecular complexity index is 1130. The number of nitrogens with zero attached hydrogens (tertiary/aromatic N) is 4. The van der Waals surface area contributed by atoms with Crippen molar-refractivity contribution < 1.29 is 14.3 Å². The van der Waals surface area contributed by atoms with Crippen LogP contribution in [0.4, 0.5) is 5.69 Å². The number of carbonyl (C=O) groups excluding carboxylic acids is 2. The molecule has 184 valence electrons. The van der Waals surface area contributed by atoms with Crippen LogP contribution in [0.5, 0.6) is 0 Å². The third kappa shape index (κ3) is 7.14. The minimum Gasteiger partial charge on any atom is -0.379 e. The van der Waals surface area contributed by atoms with Gasteiger partial charge in [-0.15, -0.1) is 10.2 Å². The number of thioether (sulfide) groups is 1. The summed E-state index contributed by atoms with van der Waals surface area (Å²) in [7, 11) is 1.83. The number of amides is 2. The highest BCUT2D eigenvalue weighted by Crippen LogP contribution is 2.19. The molecule has 1 saturated heterocycles. The summed E-state index contributed by atoms with van der Waals surface area (Å²) in [5, 5.41) is 14.5. The Morgan fingerprint density at radius 3 is 2.46 bits per heavy atom. The predicted octanol–water partition coefficient (Wildman–Crippen LogP) is 2.66. The van der Waals surface area contributed by atoms with E-state index in [0.717, 1.165) is 25.2 Å². The number of morpholine rings is 1. The van der Waals surface area contributed by atoms with Crippen LogP contribution in [0.1, 0.15) is 27.5 Å². The molecule has 0 spiro atoms. The van der Waals surface area contributed by atoms with Gasteiger partial charge in [-0.05, 0) is 36.8 Å². The van der Waals surface area contributed by atoms with E-state index in [1.54, 1.807) is 35.2 Å². The van der Waals surface area contributed by atoms with Crippen LogP contribution in [-0.2, 0) is 16.6 Å². The summed E-state index contributed by atoms with van der Waals surface area (Å²) in [4.78, 5) is 27.7. The van der Waals surface area contributed by atoms with E-state index in [1.165, 1.54) is 17.3 Å². The zero-order valence-corrected chi connectivity index (χ0v) is 20.8. The summed E-state index contributed by atoms with van der Waals surface area (Å²) in [6.07, 6.45) is 1.59. The van der Waals surface area contributed by atoms with Crippen LogP contribution in [0.2, 0.25) is 0 Å². The van der Waals surface area contributed by atoms with Crippen molar-refractivity contribution in [2.75, 3.05) is 43.9 Å². The average Bonchev–Trinajstić information content (AvgIpc) is 3.28. The first-order valence-corrected chi connectivity index (χ1v) is 12.5. The normalized spacial score (nSPS) is 14.9. The maximum absolute atomic E-state index is 13.1. The van der Waals surface area contributed by atoms with Crippen LogP contribution < -0.4 is 10.6 Å². The first-order valence-electron chi connectivity index (χ1n) is 11.5. The molecule has 0 radical (unpaired) electrons. The highest BCUT2D eigenvalue weighted by atomic mass is 32.2. The first-order chi connectivity index (χ1) is 17.0. The second-order valence-corrected chi connectivity index (χ2v) is 9.43. The number of rotatable bonds is 9. The van der Waals surface area contributed by atoms with Gasteiger partial charge in [0.25, 0.3) is 5.91 Å². The van der Waals surface area contributed by atoms with E-state index in [-0.39, 0.29) is 23.6 Å². The number of anilines is 1. The molecule has 1 aromatic heterocycles. The summed E-state index contributed by atoms with van der Waals surface area (Å²) in [6.45, 7) is 5.88. The predicted molar refractivity (Wildman–Crippen MR) is 135 cm³/mol. The van der Waals surface area contributed by atoms with Crippen LogP contribution in [0, 0.1) is 6.92 Å². The molecule has 3 aromatic rings. The third-order valence-electron chi connectivity index (χ3n) is 5.76. The fourth-order valence-corrected chi connectivity index (χ4v) is 4.44. The Hall–Kier alpha value is -3.21. The van der Waals surface area contributed by atoms with Crippen molar-refractivity contribution in [3.8, 4) is 0 Å². The summed E-state index contributed by atoms with van der Waals surface area (Å²) in [6, 6.07) is 15.0. The fourth-order valence-electron chi connectivity index (χ4n) is 3.75. The van der Waals surface area contributed by atoms with Gasteiger partial charge < -0.3 is 19.9 Å². The first kappa shape index (κ1) is 24.9. The average molecular weight is 495 g/mol. The maximum Gasteiger partial charge on any atom is 0.251 e. The number of ether oxygens (including phenoxy) is 1. The lowest BCUT2D eigenvalue weighted by molar-refractivity contribution is -0.113. The molecule has 1 aliphatic rings. The molecule has 0 aliphatic carbocycles. The molecule has 2 amide bonds. The molecule has 35 heavy (non-hydrogen) atoms. The standard InChI is InChI=1S/C25H30N6O3S/c1-18-3-5-19(6-4-18)22(15-31-11-13-34-14-12-31)28-24(33)20-7-9-21(10-8-20)27-23(32)16-35-25-29-26-17-30(25)2/h3-10,17,22H,11-16H2,1-2H3,(H,27,32)(H,28,33)/t22-/m0/s1. The number of nitrogens with one attached hydrogen (secondary N) is 2. The highest BCUT2D eigenvalue weighted by molar-refractivity contribution is 7.99. The Morgan fingerprint density at radius 2 is 1.80 bits per heavy atom. The van der Waals surface area contributed by atoms with Crippen LogP contribution in [0.15, 0.2) is 60.0 Å². The van der Waals surface area contributed by atoms with Gasteiger partial charge in [0.1, 0.15) is 6.33 Å². The molecule has 4 rings (SSSR count). The smallest absolute Gasteiger partial charge is 0.251 e. The Balaban J connectivity index is 1.36. The number of hydrogen-bond acceptors (Lipinski definition) is 7. The molecule has 2 aromatic carbocycles. The molecule has 0 bridgehead atoms. The minimum atomic E-state index is -0.153. The van der Waals surface area contributed by atoms with E-state index in [4.69, 9.17) is 4.74 Å². The van der Waals surface area contributed by atoms with Gasteiger partial charge in [-0.3, -0.25) is 14.5 Å². The van der Waals surface area contributed by atoms with Crippen LogP contribution >= 0.6 is 11.8 Å². The van der Waals surface area contributed by atoms with Crippen LogP contribution in [0.3, 0.4) is 0 Å². The quantitative estimate of drug-likeness (QED) is 0.441. The molecule has 1 aliphatic heterocycles. The molecule has 9 nitrogen and oxygen atoms in total. The second kappa shape index (κ2) is 12.0. The molecule has 0 unspecified atom stereocenters.